The Balaban J connectivity index is 2.12. The molecule has 0 aromatic rings. The Labute approximate surface area is 164 Å². The van der Waals surface area contributed by atoms with Crippen molar-refractivity contribution >= 4 is 27.4 Å². The van der Waals surface area contributed by atoms with Crippen molar-refractivity contribution in [3.8, 4) is 0 Å². The Morgan fingerprint density at radius 2 is 0.800 bits per heavy atom. The Hall–Kier alpha value is -4.15. The molecular weight excluding hydrogens is 480 g/mol. The fourth-order valence-electron chi connectivity index (χ4n) is 3.78. The highest BCUT2D eigenvalue weighted by Gasteiger charge is 2.94. The maximum atomic E-state index is 11.7. The van der Waals surface area contributed by atoms with Crippen molar-refractivity contribution in [3.05, 3.63) is 60.7 Å². The van der Waals surface area contributed by atoms with Crippen molar-refractivity contribution in [3.63, 3.8) is 0 Å². The van der Waals surface area contributed by atoms with Gasteiger partial charge in [-0.1, -0.05) is 5.01 Å². The molecule has 6 bridgehead atoms. The molecule has 30 heavy (non-hydrogen) atoms. The summed E-state index contributed by atoms with van der Waals surface area (Å²) >= 11 is 0. The molecule has 5 saturated heterocycles. The van der Waals surface area contributed by atoms with E-state index in [9.17, 15) is 60.7 Å². The number of rotatable bonds is 6. The van der Waals surface area contributed by atoms with Gasteiger partial charge in [0.2, 0.25) is 5.79 Å². The first kappa shape index (κ1) is 19.2. The van der Waals surface area contributed by atoms with Gasteiger partial charge in [0.05, 0.1) is 0 Å². The maximum Gasteiger partial charge on any atom is 0.508 e. The van der Waals surface area contributed by atoms with Crippen LogP contribution in [0.3, 0.4) is 0 Å². The Morgan fingerprint density at radius 3 is 1.20 bits per heavy atom. The van der Waals surface area contributed by atoms with Gasteiger partial charge in [-0.2, -0.15) is 0 Å². The molecule has 0 spiro atoms. The van der Waals surface area contributed by atoms with Gasteiger partial charge in [0.1, 0.15) is 5.03 Å². The Kier molecular flexibility index (Phi) is 3.64. The molecule has 159 valence electrons. The number of hydrazine groups is 6. The molecule has 5 rings (SSSR count). The van der Waals surface area contributed by atoms with E-state index in [0.29, 0.717) is 0 Å². The second-order valence-corrected chi connectivity index (χ2v) is 12.5. The molecule has 0 saturated carbocycles. The first-order valence-corrected chi connectivity index (χ1v) is 11.6. The average molecular weight is 483 g/mol. The lowest BCUT2D eigenvalue weighted by Gasteiger charge is -2.37. The first-order valence-electron chi connectivity index (χ1n) is 7.15. The maximum absolute atomic E-state index is 11.7. The van der Waals surface area contributed by atoms with E-state index in [-0.39, 0.29) is 28.0 Å². The minimum absolute atomic E-state index is 0.00705. The molecule has 3 atom stereocenters. The van der Waals surface area contributed by atoms with E-state index in [1.165, 1.54) is 0 Å². The molecule has 5 fully saturated rings. The standard InChI is InChI=1S/C3H3N12O12Si3/c16-9(17)4-1-6(11(20)21)30-3-7(12(22)23)28(1)5(10(18)19)2(4)29(8(3)13(24)25)15(30)14(26)27/h1-3H. The summed E-state index contributed by atoms with van der Waals surface area (Å²) in [6, 6.07) is 0. The predicted molar refractivity (Wildman–Crippen MR) is 81.6 cm³/mol. The smallest absolute Gasteiger partial charge is 0.236 e. The lowest BCUT2D eigenvalue weighted by atomic mass is 10.9. The fraction of sp³-hybridized carbons (Fsp3) is 1.00. The third kappa shape index (κ3) is 1.95. The fourth-order valence-corrected chi connectivity index (χ4v) is 15.9. The van der Waals surface area contributed by atoms with Crippen molar-refractivity contribution in [2.45, 2.75) is 17.4 Å². The second kappa shape index (κ2) is 5.69. The van der Waals surface area contributed by atoms with E-state index in [0.717, 1.165) is 0 Å². The van der Waals surface area contributed by atoms with Gasteiger partial charge in [0.15, 0.2) is 25.2 Å². The van der Waals surface area contributed by atoms with E-state index in [4.69, 9.17) is 0 Å². The van der Waals surface area contributed by atoms with Crippen LogP contribution in [0.2, 0.25) is 0 Å². The molecule has 3 radical (unpaired) electrons. The van der Waals surface area contributed by atoms with Crippen LogP contribution < -0.4 is 0 Å². The van der Waals surface area contributed by atoms with Crippen LogP contribution in [0.15, 0.2) is 0 Å². The highest BCUT2D eigenvalue weighted by Crippen LogP contribution is 2.46. The average Bonchev–Trinajstić information content (AvgIpc) is 3.03. The summed E-state index contributed by atoms with van der Waals surface area (Å²) in [4.78, 5) is 70.2. The van der Waals surface area contributed by atoms with Gasteiger partial charge >= 0.3 is 27.4 Å². The van der Waals surface area contributed by atoms with E-state index in [2.05, 4.69) is 0 Å². The summed E-state index contributed by atoms with van der Waals surface area (Å²) in [7, 11) is -11.1. The largest absolute Gasteiger partial charge is 0.508 e. The lowest BCUT2D eigenvalue weighted by Crippen LogP contribution is -2.81. The second-order valence-electron chi connectivity index (χ2n) is 5.69. The zero-order valence-electron chi connectivity index (χ0n) is 13.5. The van der Waals surface area contributed by atoms with Crippen LogP contribution in [0.1, 0.15) is 0 Å². The molecule has 5 aliphatic heterocycles. The molecule has 5 heterocycles. The molecular formula is C3H3N12O12Si3. The molecule has 27 heteroatoms. The number of hydrogen-bond donors (Lipinski definition) is 0. The SMILES string of the molecule is O=[N+]([O-])N1C2N([N+](=O)[O-])[Si]3C4N([N+](=O)[O-])[Si]2N([N+](=O)[O-])C1[Si](N4[N+](=O)[O-])N3[N+](=O)[O-]. The van der Waals surface area contributed by atoms with E-state index in [1.54, 1.807) is 0 Å². The minimum Gasteiger partial charge on any atom is -0.236 e. The molecule has 24 nitrogen and oxygen atoms in total. The summed E-state index contributed by atoms with van der Waals surface area (Å²) in [6.45, 7) is 0. The normalized spacial score (nSPS) is 27.8. The van der Waals surface area contributed by atoms with Crippen LogP contribution in [-0.4, -0.2) is 103 Å². The monoisotopic (exact) mass is 483 g/mol. The van der Waals surface area contributed by atoms with Gasteiger partial charge in [-0.3, -0.25) is 0 Å². The van der Waals surface area contributed by atoms with Crippen molar-refractivity contribution < 1.29 is 30.2 Å². The Bertz CT molecular complexity index is 788. The molecule has 3 unspecified atom stereocenters. The van der Waals surface area contributed by atoms with Gasteiger partial charge in [-0.25, -0.2) is 60.7 Å². The third-order valence-electron chi connectivity index (χ3n) is 4.55. The van der Waals surface area contributed by atoms with Gasteiger partial charge in [-0.05, 0) is 0 Å². The Morgan fingerprint density at radius 1 is 0.467 bits per heavy atom. The minimum atomic E-state index is -3.78. The van der Waals surface area contributed by atoms with Crippen molar-refractivity contribution in [1.82, 2.24) is 28.0 Å². The zero-order valence-corrected chi connectivity index (χ0v) is 16.5. The quantitative estimate of drug-likeness (QED) is 0.194. The van der Waals surface area contributed by atoms with Crippen LogP contribution in [-0.2, 0) is 0 Å². The number of nitrogens with zero attached hydrogens (tertiary/aromatic N) is 12. The molecule has 0 aliphatic carbocycles. The van der Waals surface area contributed by atoms with Gasteiger partial charge in [0, 0.05) is 0 Å². The number of nitro groups is 6. The van der Waals surface area contributed by atoms with E-state index < -0.39 is 74.9 Å². The van der Waals surface area contributed by atoms with E-state index >= 15 is 0 Å². The van der Waals surface area contributed by atoms with E-state index in [1.807, 2.05) is 0 Å². The summed E-state index contributed by atoms with van der Waals surface area (Å²) < 4.78 is -0.0420. The first-order chi connectivity index (χ1) is 13.9. The van der Waals surface area contributed by atoms with Crippen LogP contribution in [0.25, 0.3) is 0 Å². The van der Waals surface area contributed by atoms with Gasteiger partial charge in [0.25, 0.3) is 11.6 Å². The van der Waals surface area contributed by atoms with Crippen LogP contribution in [0.5, 0.6) is 0 Å². The van der Waals surface area contributed by atoms with Gasteiger partial charge < -0.3 is 0 Å². The molecule has 0 amide bonds. The zero-order chi connectivity index (χ0) is 22.4. The van der Waals surface area contributed by atoms with Gasteiger partial charge in [-0.15, -0.1) is 23.0 Å². The summed E-state index contributed by atoms with van der Waals surface area (Å²) in [6.07, 6.45) is 0. The highest BCUT2D eigenvalue weighted by atomic mass is 28.4. The van der Waals surface area contributed by atoms with Crippen LogP contribution in [0.4, 0.5) is 0 Å². The van der Waals surface area contributed by atoms with Crippen molar-refractivity contribution in [1.29, 1.82) is 0 Å². The predicted octanol–water partition coefficient (Wildman–Crippen LogP) is -4.94. The van der Waals surface area contributed by atoms with Crippen LogP contribution >= 0.6 is 0 Å². The van der Waals surface area contributed by atoms with Crippen LogP contribution in [0, 0.1) is 60.7 Å². The summed E-state index contributed by atoms with van der Waals surface area (Å²) in [5, 5.41) is 62.3. The van der Waals surface area contributed by atoms with Crippen molar-refractivity contribution in [2.24, 2.45) is 0 Å². The lowest BCUT2D eigenvalue weighted by molar-refractivity contribution is -0.725. The third-order valence-corrected chi connectivity index (χ3v) is 14.6. The highest BCUT2D eigenvalue weighted by molar-refractivity contribution is 6.80. The summed E-state index contributed by atoms with van der Waals surface area (Å²) in [5.74, 6) is -6.66. The number of hydrogen-bond acceptors (Lipinski definition) is 12. The van der Waals surface area contributed by atoms with Crippen molar-refractivity contribution in [2.75, 3.05) is 0 Å². The molecule has 0 aromatic carbocycles. The topological polar surface area (TPSA) is 278 Å². The summed E-state index contributed by atoms with van der Waals surface area (Å²) in [5.41, 5.74) is 0. The molecule has 0 aromatic heterocycles. The molecule has 0 N–H and O–H groups in total. The molecule has 5 aliphatic rings.